The van der Waals surface area contributed by atoms with E-state index in [2.05, 4.69) is 19.9 Å². The predicted octanol–water partition coefficient (Wildman–Crippen LogP) is 4.91. The summed E-state index contributed by atoms with van der Waals surface area (Å²) in [5.74, 6) is 1.22. The average Bonchev–Trinajstić information content (AvgIpc) is 2.69. The van der Waals surface area contributed by atoms with Gasteiger partial charge in [-0.3, -0.25) is 4.79 Å². The van der Waals surface area contributed by atoms with E-state index >= 15 is 0 Å². The second-order valence-electron chi connectivity index (χ2n) is 5.35. The van der Waals surface area contributed by atoms with Crippen LogP contribution < -0.4 is 0 Å². The van der Waals surface area contributed by atoms with Gasteiger partial charge in [0.2, 0.25) is 0 Å². The van der Waals surface area contributed by atoms with Crippen molar-refractivity contribution in [2.45, 2.75) is 71.6 Å². The Bertz CT molecular complexity index is 242. The monoisotopic (exact) mass is 236 g/mol. The first-order chi connectivity index (χ1) is 8.29. The Labute approximate surface area is 107 Å². The number of carbonyl (C=O) groups is 1. The Morgan fingerprint density at radius 1 is 1.00 bits per heavy atom. The Morgan fingerprint density at radius 3 is 2.29 bits per heavy atom. The van der Waals surface area contributed by atoms with Crippen LogP contribution in [0.4, 0.5) is 0 Å². The zero-order chi connectivity index (χ0) is 12.5. The third kappa shape index (κ3) is 5.06. The van der Waals surface area contributed by atoms with Crippen LogP contribution in [0.1, 0.15) is 71.6 Å². The Balaban J connectivity index is 2.04. The molecule has 2 atom stereocenters. The van der Waals surface area contributed by atoms with Crippen molar-refractivity contribution in [3.8, 4) is 0 Å². The molecule has 0 heterocycles. The van der Waals surface area contributed by atoms with Crippen molar-refractivity contribution in [2.24, 2.45) is 11.8 Å². The highest BCUT2D eigenvalue weighted by molar-refractivity contribution is 5.94. The molecule has 0 aliphatic heterocycles. The standard InChI is InChI=1S/C16H28O/c1-3-5-6-7-8-9-10-11-15-14(4-2)12-13-16(15)17/h12-15H,3-11H2,1-2H3/t14-,15+/m0/s1. The first-order valence-electron chi connectivity index (χ1n) is 7.51. The number of carbonyl (C=O) groups excluding carboxylic acids is 1. The van der Waals surface area contributed by atoms with E-state index in [0.717, 1.165) is 12.8 Å². The summed E-state index contributed by atoms with van der Waals surface area (Å²) < 4.78 is 0. The van der Waals surface area contributed by atoms with Crippen LogP contribution in [0.25, 0.3) is 0 Å². The molecule has 1 heteroatoms. The molecule has 0 amide bonds. The summed E-state index contributed by atoms with van der Waals surface area (Å²) in [6, 6.07) is 0. The lowest BCUT2D eigenvalue weighted by atomic mass is 9.88. The normalized spacial score (nSPS) is 23.5. The highest BCUT2D eigenvalue weighted by Gasteiger charge is 2.27. The van der Waals surface area contributed by atoms with Gasteiger partial charge in [-0.1, -0.05) is 64.9 Å². The molecule has 1 aliphatic carbocycles. The zero-order valence-electron chi connectivity index (χ0n) is 11.6. The maximum absolute atomic E-state index is 11.7. The van der Waals surface area contributed by atoms with Crippen LogP contribution in [0.15, 0.2) is 12.2 Å². The number of allylic oxidation sites excluding steroid dienone is 2. The van der Waals surface area contributed by atoms with Crippen molar-refractivity contribution < 1.29 is 4.79 Å². The summed E-state index contributed by atoms with van der Waals surface area (Å²) in [5.41, 5.74) is 0. The van der Waals surface area contributed by atoms with Crippen molar-refractivity contribution in [1.82, 2.24) is 0 Å². The molecule has 0 spiro atoms. The third-order valence-electron chi connectivity index (χ3n) is 3.98. The van der Waals surface area contributed by atoms with E-state index < -0.39 is 0 Å². The van der Waals surface area contributed by atoms with E-state index in [0.29, 0.717) is 17.6 Å². The van der Waals surface area contributed by atoms with E-state index in [1.165, 1.54) is 44.9 Å². The number of ketones is 1. The van der Waals surface area contributed by atoms with Gasteiger partial charge in [-0.15, -0.1) is 0 Å². The second-order valence-corrected chi connectivity index (χ2v) is 5.35. The SMILES string of the molecule is CCCCCCCCC[C@H]1C(=O)C=C[C@@H]1CC. The van der Waals surface area contributed by atoms with Gasteiger partial charge in [0.15, 0.2) is 5.78 Å². The number of hydrogen-bond acceptors (Lipinski definition) is 1. The first-order valence-corrected chi connectivity index (χ1v) is 7.51. The molecule has 1 nitrogen and oxygen atoms in total. The van der Waals surface area contributed by atoms with Crippen molar-refractivity contribution in [2.75, 3.05) is 0 Å². The zero-order valence-corrected chi connectivity index (χ0v) is 11.6. The molecule has 17 heavy (non-hydrogen) atoms. The van der Waals surface area contributed by atoms with E-state index in [-0.39, 0.29) is 0 Å². The molecule has 0 aromatic rings. The van der Waals surface area contributed by atoms with Crippen molar-refractivity contribution in [3.05, 3.63) is 12.2 Å². The Morgan fingerprint density at radius 2 is 1.65 bits per heavy atom. The molecular weight excluding hydrogens is 208 g/mol. The van der Waals surface area contributed by atoms with Crippen molar-refractivity contribution in [1.29, 1.82) is 0 Å². The minimum absolute atomic E-state index is 0.315. The van der Waals surface area contributed by atoms with E-state index in [1.54, 1.807) is 6.08 Å². The lowest BCUT2D eigenvalue weighted by molar-refractivity contribution is -0.118. The molecule has 98 valence electrons. The fourth-order valence-corrected chi connectivity index (χ4v) is 2.79. The van der Waals surface area contributed by atoms with Gasteiger partial charge in [-0.25, -0.2) is 0 Å². The molecule has 1 aliphatic rings. The summed E-state index contributed by atoms with van der Waals surface area (Å²) in [6.45, 7) is 4.44. The van der Waals surface area contributed by atoms with Crippen LogP contribution >= 0.6 is 0 Å². The summed E-state index contributed by atoms with van der Waals surface area (Å²) >= 11 is 0. The van der Waals surface area contributed by atoms with Crippen LogP contribution in [0, 0.1) is 11.8 Å². The maximum Gasteiger partial charge on any atom is 0.159 e. The van der Waals surface area contributed by atoms with Crippen LogP contribution in [0.2, 0.25) is 0 Å². The average molecular weight is 236 g/mol. The molecule has 0 N–H and O–H groups in total. The fourth-order valence-electron chi connectivity index (χ4n) is 2.79. The first kappa shape index (κ1) is 14.5. The highest BCUT2D eigenvalue weighted by Crippen LogP contribution is 2.29. The van der Waals surface area contributed by atoms with Gasteiger partial charge in [0.25, 0.3) is 0 Å². The lowest BCUT2D eigenvalue weighted by Crippen LogP contribution is -2.15. The number of hydrogen-bond donors (Lipinski definition) is 0. The van der Waals surface area contributed by atoms with Crippen LogP contribution in [-0.2, 0) is 4.79 Å². The molecule has 0 saturated heterocycles. The fraction of sp³-hybridized carbons (Fsp3) is 0.812. The van der Waals surface area contributed by atoms with E-state index in [1.807, 2.05) is 0 Å². The van der Waals surface area contributed by atoms with Crippen LogP contribution in [0.3, 0.4) is 0 Å². The highest BCUT2D eigenvalue weighted by atomic mass is 16.1. The van der Waals surface area contributed by atoms with Crippen molar-refractivity contribution >= 4 is 5.78 Å². The molecule has 0 saturated carbocycles. The van der Waals surface area contributed by atoms with E-state index in [4.69, 9.17) is 0 Å². The molecular formula is C16H28O. The maximum atomic E-state index is 11.7. The van der Waals surface area contributed by atoms with Gasteiger partial charge in [-0.05, 0) is 24.8 Å². The summed E-state index contributed by atoms with van der Waals surface area (Å²) in [6.07, 6.45) is 15.5. The van der Waals surface area contributed by atoms with Gasteiger partial charge < -0.3 is 0 Å². The minimum atomic E-state index is 0.315. The van der Waals surface area contributed by atoms with Crippen molar-refractivity contribution in [3.63, 3.8) is 0 Å². The topological polar surface area (TPSA) is 17.1 Å². The second kappa shape index (κ2) is 8.49. The lowest BCUT2D eigenvalue weighted by Gasteiger charge is -2.15. The smallest absolute Gasteiger partial charge is 0.159 e. The van der Waals surface area contributed by atoms with Crippen LogP contribution in [0.5, 0.6) is 0 Å². The summed E-state index contributed by atoms with van der Waals surface area (Å²) in [5, 5.41) is 0. The molecule has 0 fully saturated rings. The third-order valence-corrected chi connectivity index (χ3v) is 3.98. The largest absolute Gasteiger partial charge is 0.295 e. The predicted molar refractivity (Wildman–Crippen MR) is 74.0 cm³/mol. The molecule has 0 unspecified atom stereocenters. The summed E-state index contributed by atoms with van der Waals surface area (Å²) in [7, 11) is 0. The summed E-state index contributed by atoms with van der Waals surface area (Å²) in [4.78, 5) is 11.7. The van der Waals surface area contributed by atoms with E-state index in [9.17, 15) is 4.79 Å². The Hall–Kier alpha value is -0.590. The van der Waals surface area contributed by atoms with Gasteiger partial charge in [0.05, 0.1) is 0 Å². The number of rotatable bonds is 9. The molecule has 0 radical (unpaired) electrons. The van der Waals surface area contributed by atoms with Gasteiger partial charge in [-0.2, -0.15) is 0 Å². The molecule has 1 rings (SSSR count). The van der Waals surface area contributed by atoms with Gasteiger partial charge in [0.1, 0.15) is 0 Å². The van der Waals surface area contributed by atoms with Crippen LogP contribution in [-0.4, -0.2) is 5.78 Å². The molecule has 0 aromatic heterocycles. The van der Waals surface area contributed by atoms with Gasteiger partial charge >= 0.3 is 0 Å². The van der Waals surface area contributed by atoms with Gasteiger partial charge in [0, 0.05) is 5.92 Å². The number of unbranched alkanes of at least 4 members (excludes halogenated alkanes) is 6. The Kier molecular flexibility index (Phi) is 7.23. The molecule has 0 aromatic carbocycles. The quantitative estimate of drug-likeness (QED) is 0.520. The molecule has 0 bridgehead atoms. The minimum Gasteiger partial charge on any atom is -0.295 e.